The third-order valence-electron chi connectivity index (χ3n) is 4.24. The van der Waals surface area contributed by atoms with Gasteiger partial charge in [-0.3, -0.25) is 4.99 Å². The number of halogens is 2. The Morgan fingerprint density at radius 3 is 2.58 bits per heavy atom. The number of nitrogens with one attached hydrogen (secondary N) is 2. The summed E-state index contributed by atoms with van der Waals surface area (Å²) in [5, 5.41) is 6.56. The van der Waals surface area contributed by atoms with Crippen molar-refractivity contribution in [1.82, 2.24) is 15.5 Å². The fraction of sp³-hybridized carbons (Fsp3) is 0.611. The van der Waals surface area contributed by atoms with Gasteiger partial charge in [-0.25, -0.2) is 4.39 Å². The van der Waals surface area contributed by atoms with Gasteiger partial charge in [0.25, 0.3) is 0 Å². The van der Waals surface area contributed by atoms with Crippen LogP contribution < -0.4 is 10.6 Å². The smallest absolute Gasteiger partial charge is 0.191 e. The van der Waals surface area contributed by atoms with Crippen molar-refractivity contribution in [1.29, 1.82) is 0 Å². The molecule has 1 aliphatic heterocycles. The van der Waals surface area contributed by atoms with E-state index in [4.69, 9.17) is 0 Å². The molecule has 136 valence electrons. The molecule has 6 heteroatoms. The molecule has 1 heterocycles. The molecule has 24 heavy (non-hydrogen) atoms. The van der Waals surface area contributed by atoms with Crippen molar-refractivity contribution in [3.8, 4) is 0 Å². The van der Waals surface area contributed by atoms with Crippen molar-refractivity contribution < 1.29 is 4.39 Å². The van der Waals surface area contributed by atoms with E-state index in [1.807, 2.05) is 6.07 Å². The van der Waals surface area contributed by atoms with Crippen LogP contribution in [0.3, 0.4) is 0 Å². The van der Waals surface area contributed by atoms with E-state index in [-0.39, 0.29) is 29.8 Å². The number of hydrogen-bond acceptors (Lipinski definition) is 2. The molecule has 0 spiro atoms. The van der Waals surface area contributed by atoms with E-state index in [0.717, 1.165) is 36.4 Å². The summed E-state index contributed by atoms with van der Waals surface area (Å²) in [5.41, 5.74) is 0.909. The maximum atomic E-state index is 13.2. The number of aliphatic imine (C=N–C) groups is 1. The predicted octanol–water partition coefficient (Wildman–Crippen LogP) is 3.09. The second-order valence-electron chi connectivity index (χ2n) is 6.69. The Kier molecular flexibility index (Phi) is 9.58. The minimum Gasteiger partial charge on any atom is -0.355 e. The third kappa shape index (κ3) is 7.34. The monoisotopic (exact) mass is 448 g/mol. The molecule has 1 aromatic carbocycles. The zero-order valence-electron chi connectivity index (χ0n) is 14.9. The molecule has 0 aliphatic carbocycles. The van der Waals surface area contributed by atoms with Gasteiger partial charge < -0.3 is 15.5 Å². The van der Waals surface area contributed by atoms with E-state index >= 15 is 0 Å². The van der Waals surface area contributed by atoms with Crippen molar-refractivity contribution in [3.63, 3.8) is 0 Å². The van der Waals surface area contributed by atoms with Gasteiger partial charge in [0.2, 0.25) is 0 Å². The largest absolute Gasteiger partial charge is 0.355 e. The second-order valence-corrected chi connectivity index (χ2v) is 6.69. The zero-order valence-corrected chi connectivity index (χ0v) is 17.2. The van der Waals surface area contributed by atoms with E-state index in [9.17, 15) is 4.39 Å². The van der Waals surface area contributed by atoms with Crippen molar-refractivity contribution in [2.24, 2.45) is 16.8 Å². The molecule has 1 fully saturated rings. The highest BCUT2D eigenvalue weighted by Crippen LogP contribution is 2.20. The minimum atomic E-state index is -0.208. The Hall–Kier alpha value is -0.890. The minimum absolute atomic E-state index is 0. The van der Waals surface area contributed by atoms with E-state index in [1.165, 1.54) is 31.6 Å². The average Bonchev–Trinajstić information content (AvgIpc) is 2.50. The van der Waals surface area contributed by atoms with Crippen LogP contribution in [0.5, 0.6) is 0 Å². The van der Waals surface area contributed by atoms with Gasteiger partial charge in [0, 0.05) is 39.8 Å². The molecule has 1 saturated heterocycles. The van der Waals surface area contributed by atoms with E-state index in [0.29, 0.717) is 6.54 Å². The lowest BCUT2D eigenvalue weighted by Crippen LogP contribution is -2.45. The highest BCUT2D eigenvalue weighted by molar-refractivity contribution is 14.0. The van der Waals surface area contributed by atoms with Crippen LogP contribution >= 0.6 is 24.0 Å². The topological polar surface area (TPSA) is 39.7 Å². The molecule has 0 aromatic heterocycles. The Balaban J connectivity index is 0.00000288. The Morgan fingerprint density at radius 2 is 1.96 bits per heavy atom. The van der Waals surface area contributed by atoms with Crippen molar-refractivity contribution in [2.45, 2.75) is 26.8 Å². The first kappa shape index (κ1) is 21.2. The molecular formula is C18H30FIN4. The van der Waals surface area contributed by atoms with E-state index in [1.54, 1.807) is 13.1 Å². The highest BCUT2D eigenvalue weighted by atomic mass is 127. The first-order chi connectivity index (χ1) is 11.1. The van der Waals surface area contributed by atoms with E-state index < -0.39 is 0 Å². The first-order valence-corrected chi connectivity index (χ1v) is 8.48. The summed E-state index contributed by atoms with van der Waals surface area (Å²) in [6.07, 6.45) is 1.33. The van der Waals surface area contributed by atoms with Crippen LogP contribution in [0.2, 0.25) is 0 Å². The van der Waals surface area contributed by atoms with Crippen LogP contribution in [0.4, 0.5) is 4.39 Å². The van der Waals surface area contributed by atoms with Gasteiger partial charge in [-0.15, -0.1) is 24.0 Å². The molecule has 0 amide bonds. The van der Waals surface area contributed by atoms with Crippen molar-refractivity contribution in [3.05, 3.63) is 35.6 Å². The van der Waals surface area contributed by atoms with Crippen LogP contribution in [-0.4, -0.2) is 44.1 Å². The summed E-state index contributed by atoms with van der Waals surface area (Å²) < 4.78 is 13.2. The highest BCUT2D eigenvalue weighted by Gasteiger charge is 2.21. The summed E-state index contributed by atoms with van der Waals surface area (Å²) in [4.78, 5) is 6.74. The lowest BCUT2D eigenvalue weighted by atomic mass is 9.92. The standard InChI is InChI=1S/C18H29FN4.HI/c1-14-9-15(2)13-23(12-14)8-7-21-18(20-3)22-11-16-5-4-6-17(19)10-16;/h4-6,10,14-15H,7-9,11-13H2,1-3H3,(H2,20,21,22);1H. The number of likely N-dealkylation sites (tertiary alicyclic amines) is 1. The zero-order chi connectivity index (χ0) is 16.7. The van der Waals surface area contributed by atoms with Crippen LogP contribution in [0, 0.1) is 17.7 Å². The lowest BCUT2D eigenvalue weighted by Gasteiger charge is -2.35. The second kappa shape index (κ2) is 10.9. The van der Waals surface area contributed by atoms with Gasteiger partial charge >= 0.3 is 0 Å². The van der Waals surface area contributed by atoms with Crippen LogP contribution in [0.15, 0.2) is 29.3 Å². The summed E-state index contributed by atoms with van der Waals surface area (Å²) in [7, 11) is 1.76. The van der Waals surface area contributed by atoms with Gasteiger partial charge in [-0.1, -0.05) is 26.0 Å². The Labute approximate surface area is 162 Å². The molecule has 2 atom stereocenters. The van der Waals surface area contributed by atoms with Gasteiger partial charge in [-0.05, 0) is 36.0 Å². The maximum Gasteiger partial charge on any atom is 0.191 e. The SMILES string of the molecule is CN=C(NCCN1CC(C)CC(C)C1)NCc1cccc(F)c1.I. The molecule has 1 aromatic rings. The molecule has 2 N–H and O–H groups in total. The Morgan fingerprint density at radius 1 is 1.25 bits per heavy atom. The fourth-order valence-corrected chi connectivity index (χ4v) is 3.36. The van der Waals surface area contributed by atoms with Gasteiger partial charge in [0.1, 0.15) is 5.82 Å². The summed E-state index contributed by atoms with van der Waals surface area (Å²) in [6, 6.07) is 6.62. The van der Waals surface area contributed by atoms with Gasteiger partial charge in [0.15, 0.2) is 5.96 Å². The van der Waals surface area contributed by atoms with Gasteiger partial charge in [0.05, 0.1) is 0 Å². The number of piperidine rings is 1. The molecule has 0 saturated carbocycles. The molecule has 2 unspecified atom stereocenters. The van der Waals surface area contributed by atoms with Crippen molar-refractivity contribution >= 4 is 29.9 Å². The molecular weight excluding hydrogens is 418 g/mol. The molecule has 0 bridgehead atoms. The molecule has 0 radical (unpaired) electrons. The molecule has 2 rings (SSSR count). The fourth-order valence-electron chi connectivity index (χ4n) is 3.36. The predicted molar refractivity (Wildman–Crippen MR) is 109 cm³/mol. The summed E-state index contributed by atoms with van der Waals surface area (Å²) >= 11 is 0. The lowest BCUT2D eigenvalue weighted by molar-refractivity contribution is 0.143. The number of hydrogen-bond donors (Lipinski definition) is 2. The van der Waals surface area contributed by atoms with Crippen molar-refractivity contribution in [2.75, 3.05) is 33.2 Å². The number of benzene rings is 1. The summed E-state index contributed by atoms with van der Waals surface area (Å²) in [6.45, 7) is 9.47. The Bertz CT molecular complexity index is 513. The van der Waals surface area contributed by atoms with Gasteiger partial charge in [-0.2, -0.15) is 0 Å². The van der Waals surface area contributed by atoms with Crippen LogP contribution in [0.25, 0.3) is 0 Å². The normalized spacial score (nSPS) is 21.9. The van der Waals surface area contributed by atoms with Crippen LogP contribution in [-0.2, 0) is 6.54 Å². The molecule has 1 aliphatic rings. The number of rotatable bonds is 5. The average molecular weight is 448 g/mol. The van der Waals surface area contributed by atoms with Crippen LogP contribution in [0.1, 0.15) is 25.8 Å². The molecule has 4 nitrogen and oxygen atoms in total. The first-order valence-electron chi connectivity index (χ1n) is 8.48. The quantitative estimate of drug-likeness (QED) is 0.413. The van der Waals surface area contributed by atoms with E-state index in [2.05, 4.69) is 34.4 Å². The third-order valence-corrected chi connectivity index (χ3v) is 4.24. The maximum absolute atomic E-state index is 13.2. The number of guanidine groups is 1. The summed E-state index contributed by atoms with van der Waals surface area (Å²) in [5.74, 6) is 2.11. The number of nitrogens with zero attached hydrogens (tertiary/aromatic N) is 2.